The van der Waals surface area contributed by atoms with Gasteiger partial charge in [0.25, 0.3) is 0 Å². The average Bonchev–Trinajstić information content (AvgIpc) is 2.54. The van der Waals surface area contributed by atoms with Crippen LogP contribution in [0.15, 0.2) is 54.6 Å². The van der Waals surface area contributed by atoms with Crippen molar-refractivity contribution in [2.24, 2.45) is 0 Å². The number of benzene rings is 2. The maximum Gasteiger partial charge on any atom is 0.330 e. The second-order valence-corrected chi connectivity index (χ2v) is 4.59. The molecule has 0 heterocycles. The summed E-state index contributed by atoms with van der Waals surface area (Å²) < 4.78 is 10.4. The molecular weight excluding hydrogens is 280 g/mol. The van der Waals surface area contributed by atoms with E-state index in [1.54, 1.807) is 25.1 Å². The normalized spacial score (nSPS) is 10.6. The number of carbonyl (C=O) groups is 1. The minimum absolute atomic E-state index is 0.0595. The Morgan fingerprint density at radius 1 is 1.18 bits per heavy atom. The number of hydrogen-bond acceptors (Lipinski definition) is 4. The zero-order chi connectivity index (χ0) is 15.8. The number of aromatic hydroxyl groups is 1. The summed E-state index contributed by atoms with van der Waals surface area (Å²) in [7, 11) is 0. The van der Waals surface area contributed by atoms with Gasteiger partial charge < -0.3 is 14.6 Å². The second kappa shape index (κ2) is 7.88. The standard InChI is InChI=1S/C18H18O4/c1-2-21-18(20)11-9-14-8-10-16(19)17(12-14)22-13-15-6-4-3-5-7-15/h3-12,19H,2,13H2,1H3. The van der Waals surface area contributed by atoms with E-state index in [0.717, 1.165) is 11.1 Å². The van der Waals surface area contributed by atoms with Crippen LogP contribution in [0.5, 0.6) is 11.5 Å². The van der Waals surface area contributed by atoms with Crippen molar-refractivity contribution in [2.75, 3.05) is 6.61 Å². The number of hydrogen-bond donors (Lipinski definition) is 1. The van der Waals surface area contributed by atoms with E-state index in [1.165, 1.54) is 12.1 Å². The van der Waals surface area contributed by atoms with Gasteiger partial charge in [-0.1, -0.05) is 36.4 Å². The van der Waals surface area contributed by atoms with Crippen molar-refractivity contribution in [3.8, 4) is 11.5 Å². The molecule has 0 aliphatic heterocycles. The molecule has 0 amide bonds. The Morgan fingerprint density at radius 2 is 1.95 bits per heavy atom. The molecular formula is C18H18O4. The first-order valence-corrected chi connectivity index (χ1v) is 7.03. The molecule has 2 aromatic rings. The molecule has 2 aromatic carbocycles. The highest BCUT2D eigenvalue weighted by atomic mass is 16.5. The fourth-order valence-electron chi connectivity index (χ4n) is 1.84. The number of phenolic OH excluding ortho intramolecular Hbond substituents is 1. The lowest BCUT2D eigenvalue weighted by Gasteiger charge is -2.09. The van der Waals surface area contributed by atoms with Crippen molar-refractivity contribution >= 4 is 12.0 Å². The summed E-state index contributed by atoms with van der Waals surface area (Å²) in [6.07, 6.45) is 2.96. The lowest BCUT2D eigenvalue weighted by molar-refractivity contribution is -0.137. The molecule has 2 rings (SSSR count). The van der Waals surface area contributed by atoms with Crippen LogP contribution in [0, 0.1) is 0 Å². The first-order chi connectivity index (χ1) is 10.7. The number of rotatable bonds is 6. The third-order valence-electron chi connectivity index (χ3n) is 2.92. The van der Waals surface area contributed by atoms with Crippen molar-refractivity contribution in [1.82, 2.24) is 0 Å². The van der Waals surface area contributed by atoms with Crippen LogP contribution in [0.3, 0.4) is 0 Å². The molecule has 0 unspecified atom stereocenters. The van der Waals surface area contributed by atoms with Crippen molar-refractivity contribution in [1.29, 1.82) is 0 Å². The van der Waals surface area contributed by atoms with Gasteiger partial charge in [-0.25, -0.2) is 4.79 Å². The molecule has 0 saturated carbocycles. The first kappa shape index (κ1) is 15.6. The summed E-state index contributed by atoms with van der Waals surface area (Å²) in [6, 6.07) is 14.6. The lowest BCUT2D eigenvalue weighted by atomic mass is 10.2. The van der Waals surface area contributed by atoms with Crippen LogP contribution in [0.25, 0.3) is 6.08 Å². The highest BCUT2D eigenvalue weighted by Gasteiger charge is 2.04. The predicted molar refractivity (Wildman–Crippen MR) is 84.5 cm³/mol. The Hall–Kier alpha value is -2.75. The molecule has 0 atom stereocenters. The summed E-state index contributed by atoms with van der Waals surface area (Å²) in [4.78, 5) is 11.3. The zero-order valence-corrected chi connectivity index (χ0v) is 12.4. The van der Waals surface area contributed by atoms with Gasteiger partial charge in [-0.15, -0.1) is 0 Å². The molecule has 0 fully saturated rings. The molecule has 4 heteroatoms. The highest BCUT2D eigenvalue weighted by molar-refractivity contribution is 5.87. The van der Waals surface area contributed by atoms with Gasteiger partial charge in [0.05, 0.1) is 6.61 Å². The van der Waals surface area contributed by atoms with Crippen molar-refractivity contribution in [2.45, 2.75) is 13.5 Å². The van der Waals surface area contributed by atoms with Gasteiger partial charge in [-0.05, 0) is 36.3 Å². The highest BCUT2D eigenvalue weighted by Crippen LogP contribution is 2.28. The fourth-order valence-corrected chi connectivity index (χ4v) is 1.84. The van der Waals surface area contributed by atoms with Gasteiger partial charge in [-0.2, -0.15) is 0 Å². The van der Waals surface area contributed by atoms with E-state index >= 15 is 0 Å². The molecule has 22 heavy (non-hydrogen) atoms. The Bertz CT molecular complexity index is 647. The van der Waals surface area contributed by atoms with Gasteiger partial charge in [0.15, 0.2) is 11.5 Å². The van der Waals surface area contributed by atoms with Crippen molar-refractivity contribution in [3.63, 3.8) is 0 Å². The largest absolute Gasteiger partial charge is 0.504 e. The van der Waals surface area contributed by atoms with E-state index in [4.69, 9.17) is 9.47 Å². The van der Waals surface area contributed by atoms with E-state index in [-0.39, 0.29) is 5.75 Å². The van der Waals surface area contributed by atoms with E-state index in [9.17, 15) is 9.90 Å². The van der Waals surface area contributed by atoms with Crippen LogP contribution in [-0.4, -0.2) is 17.7 Å². The minimum atomic E-state index is -0.401. The SMILES string of the molecule is CCOC(=O)C=Cc1ccc(O)c(OCc2ccccc2)c1. The van der Waals surface area contributed by atoms with Crippen LogP contribution in [-0.2, 0) is 16.1 Å². The van der Waals surface area contributed by atoms with Crippen LogP contribution in [0.4, 0.5) is 0 Å². The molecule has 4 nitrogen and oxygen atoms in total. The summed E-state index contributed by atoms with van der Waals surface area (Å²) in [5.74, 6) is 0.0291. The number of esters is 1. The summed E-state index contributed by atoms with van der Waals surface area (Å²) in [6.45, 7) is 2.45. The van der Waals surface area contributed by atoms with E-state index in [1.807, 2.05) is 30.3 Å². The molecule has 0 radical (unpaired) electrons. The summed E-state index contributed by atoms with van der Waals surface area (Å²) >= 11 is 0. The summed E-state index contributed by atoms with van der Waals surface area (Å²) in [5, 5.41) is 9.83. The topological polar surface area (TPSA) is 55.8 Å². The Balaban J connectivity index is 2.05. The van der Waals surface area contributed by atoms with Crippen LogP contribution < -0.4 is 4.74 Å². The van der Waals surface area contributed by atoms with Gasteiger partial charge in [-0.3, -0.25) is 0 Å². The molecule has 114 valence electrons. The molecule has 0 bridgehead atoms. The third-order valence-corrected chi connectivity index (χ3v) is 2.92. The second-order valence-electron chi connectivity index (χ2n) is 4.59. The lowest BCUT2D eigenvalue weighted by Crippen LogP contribution is -1.98. The number of ether oxygens (including phenoxy) is 2. The Morgan fingerprint density at radius 3 is 2.68 bits per heavy atom. The molecule has 0 aromatic heterocycles. The van der Waals surface area contributed by atoms with E-state index in [0.29, 0.717) is 19.0 Å². The fraction of sp³-hybridized carbons (Fsp3) is 0.167. The van der Waals surface area contributed by atoms with Gasteiger partial charge in [0.1, 0.15) is 6.61 Å². The minimum Gasteiger partial charge on any atom is -0.504 e. The van der Waals surface area contributed by atoms with Crippen LogP contribution in [0.2, 0.25) is 0 Å². The Labute approximate surface area is 129 Å². The van der Waals surface area contributed by atoms with E-state index in [2.05, 4.69) is 0 Å². The molecule has 1 N–H and O–H groups in total. The number of phenols is 1. The zero-order valence-electron chi connectivity index (χ0n) is 12.4. The summed E-state index contributed by atoms with van der Waals surface area (Å²) in [5.41, 5.74) is 1.75. The monoisotopic (exact) mass is 298 g/mol. The molecule has 0 aliphatic rings. The average molecular weight is 298 g/mol. The van der Waals surface area contributed by atoms with Gasteiger partial charge in [0, 0.05) is 6.08 Å². The third kappa shape index (κ3) is 4.66. The quantitative estimate of drug-likeness (QED) is 0.654. The van der Waals surface area contributed by atoms with Gasteiger partial charge in [0.2, 0.25) is 0 Å². The van der Waals surface area contributed by atoms with Crippen molar-refractivity contribution < 1.29 is 19.4 Å². The van der Waals surface area contributed by atoms with Crippen LogP contribution >= 0.6 is 0 Å². The maximum absolute atomic E-state index is 11.3. The maximum atomic E-state index is 11.3. The smallest absolute Gasteiger partial charge is 0.330 e. The first-order valence-electron chi connectivity index (χ1n) is 7.03. The molecule has 0 saturated heterocycles. The van der Waals surface area contributed by atoms with Crippen molar-refractivity contribution in [3.05, 3.63) is 65.7 Å². The Kier molecular flexibility index (Phi) is 5.60. The van der Waals surface area contributed by atoms with Crippen LogP contribution in [0.1, 0.15) is 18.1 Å². The predicted octanol–water partition coefficient (Wildman–Crippen LogP) is 3.55. The van der Waals surface area contributed by atoms with E-state index < -0.39 is 5.97 Å². The number of carbonyl (C=O) groups excluding carboxylic acids is 1. The molecule has 0 aliphatic carbocycles. The molecule has 0 spiro atoms. The van der Waals surface area contributed by atoms with Gasteiger partial charge >= 0.3 is 5.97 Å².